The average molecular weight is 364 g/mol. The zero-order valence-electron chi connectivity index (χ0n) is 14.4. The zero-order valence-corrected chi connectivity index (χ0v) is 15.2. The summed E-state index contributed by atoms with van der Waals surface area (Å²) in [7, 11) is 0. The molecule has 0 spiro atoms. The van der Waals surface area contributed by atoms with Gasteiger partial charge in [-0.25, -0.2) is 9.18 Å². The molecule has 1 N–H and O–H groups in total. The number of benzene rings is 2. The van der Waals surface area contributed by atoms with Crippen LogP contribution >= 0.6 is 11.6 Å². The van der Waals surface area contributed by atoms with Crippen molar-refractivity contribution in [1.29, 1.82) is 0 Å². The molecule has 0 saturated carbocycles. The molecule has 0 radical (unpaired) electrons. The van der Waals surface area contributed by atoms with E-state index in [1.807, 2.05) is 32.9 Å². The van der Waals surface area contributed by atoms with Crippen molar-refractivity contribution in [3.8, 4) is 0 Å². The van der Waals surface area contributed by atoms with E-state index in [4.69, 9.17) is 16.3 Å². The Bertz CT molecular complexity index is 812. The van der Waals surface area contributed by atoms with E-state index in [2.05, 4.69) is 5.32 Å². The number of nitrogens with one attached hydrogen (secondary N) is 1. The zero-order chi connectivity index (χ0) is 18.7. The summed E-state index contributed by atoms with van der Waals surface area (Å²) >= 11 is 5.65. The van der Waals surface area contributed by atoms with Crippen molar-refractivity contribution in [2.45, 2.75) is 33.8 Å². The number of rotatable bonds is 4. The third-order valence-electron chi connectivity index (χ3n) is 3.73. The van der Waals surface area contributed by atoms with Crippen LogP contribution in [-0.2, 0) is 9.53 Å². The maximum atomic E-state index is 13.8. The Kier molecular flexibility index (Phi) is 5.80. The topological polar surface area (TPSA) is 55.4 Å². The van der Waals surface area contributed by atoms with Gasteiger partial charge < -0.3 is 10.1 Å². The molecule has 25 heavy (non-hydrogen) atoms. The van der Waals surface area contributed by atoms with E-state index < -0.39 is 23.8 Å². The summed E-state index contributed by atoms with van der Waals surface area (Å²) in [6, 6.07) is 7.51. The highest BCUT2D eigenvalue weighted by Crippen LogP contribution is 2.22. The largest absolute Gasteiger partial charge is 0.449 e. The summed E-state index contributed by atoms with van der Waals surface area (Å²) in [4.78, 5) is 24.3. The van der Waals surface area contributed by atoms with Gasteiger partial charge in [-0.05, 0) is 57.0 Å². The minimum absolute atomic E-state index is 0.171. The lowest BCUT2D eigenvalue weighted by atomic mass is 10.0. The number of anilines is 1. The molecule has 2 rings (SSSR count). The Balaban J connectivity index is 2.09. The van der Waals surface area contributed by atoms with Crippen LogP contribution in [0.4, 0.5) is 10.1 Å². The number of carbonyl (C=O) groups is 2. The van der Waals surface area contributed by atoms with Crippen LogP contribution < -0.4 is 5.32 Å². The number of esters is 1. The highest BCUT2D eigenvalue weighted by Gasteiger charge is 2.22. The van der Waals surface area contributed by atoms with E-state index in [1.54, 1.807) is 0 Å². The summed E-state index contributed by atoms with van der Waals surface area (Å²) in [5.74, 6) is -2.21. The molecule has 0 unspecified atom stereocenters. The molecule has 0 saturated heterocycles. The van der Waals surface area contributed by atoms with Crippen LogP contribution in [-0.4, -0.2) is 18.0 Å². The second-order valence-electron chi connectivity index (χ2n) is 5.93. The molecule has 0 fully saturated rings. The van der Waals surface area contributed by atoms with Crippen molar-refractivity contribution in [3.63, 3.8) is 0 Å². The molecule has 2 aromatic carbocycles. The maximum absolute atomic E-state index is 13.8. The molecule has 0 bridgehead atoms. The Labute approximate surface area is 150 Å². The first-order valence-electron chi connectivity index (χ1n) is 7.73. The number of amides is 1. The molecule has 1 amide bonds. The Morgan fingerprint density at radius 1 is 1.12 bits per heavy atom. The number of aryl methyl sites for hydroxylation is 3. The van der Waals surface area contributed by atoms with Gasteiger partial charge in [-0.3, -0.25) is 4.79 Å². The fourth-order valence-electron chi connectivity index (χ4n) is 2.53. The van der Waals surface area contributed by atoms with Gasteiger partial charge in [0.05, 0.1) is 5.56 Å². The average Bonchev–Trinajstić information content (AvgIpc) is 2.50. The van der Waals surface area contributed by atoms with Crippen LogP contribution in [0.3, 0.4) is 0 Å². The van der Waals surface area contributed by atoms with Crippen molar-refractivity contribution in [3.05, 3.63) is 63.4 Å². The monoisotopic (exact) mass is 363 g/mol. The Morgan fingerprint density at radius 3 is 2.28 bits per heavy atom. The van der Waals surface area contributed by atoms with Gasteiger partial charge >= 0.3 is 5.97 Å². The molecular weight excluding hydrogens is 345 g/mol. The first-order valence-corrected chi connectivity index (χ1v) is 8.11. The fourth-order valence-corrected chi connectivity index (χ4v) is 2.69. The quantitative estimate of drug-likeness (QED) is 0.808. The minimum atomic E-state index is -1.08. The van der Waals surface area contributed by atoms with E-state index >= 15 is 0 Å². The number of hydrogen-bond acceptors (Lipinski definition) is 3. The van der Waals surface area contributed by atoms with Crippen molar-refractivity contribution in [1.82, 2.24) is 0 Å². The smallest absolute Gasteiger partial charge is 0.341 e. The van der Waals surface area contributed by atoms with Crippen LogP contribution in [0.1, 0.15) is 34.0 Å². The molecule has 6 heteroatoms. The second-order valence-corrected chi connectivity index (χ2v) is 6.37. The van der Waals surface area contributed by atoms with Gasteiger partial charge in [-0.1, -0.05) is 29.3 Å². The Hall–Kier alpha value is -2.40. The molecule has 0 heterocycles. The van der Waals surface area contributed by atoms with E-state index in [-0.39, 0.29) is 10.6 Å². The first-order chi connectivity index (χ1) is 11.7. The van der Waals surface area contributed by atoms with Gasteiger partial charge in [-0.2, -0.15) is 0 Å². The molecular formula is C19H19ClFNO3. The van der Waals surface area contributed by atoms with Gasteiger partial charge in [0.1, 0.15) is 5.82 Å². The SMILES string of the molecule is Cc1cc(C)c(NC(=O)[C@@H](C)OC(=O)c2ccc(Cl)cc2F)c(C)c1. The van der Waals surface area contributed by atoms with Crippen LogP contribution in [0.5, 0.6) is 0 Å². The summed E-state index contributed by atoms with van der Waals surface area (Å²) in [5.41, 5.74) is 3.31. The lowest BCUT2D eigenvalue weighted by Gasteiger charge is -2.17. The van der Waals surface area contributed by atoms with Crippen molar-refractivity contribution >= 4 is 29.2 Å². The molecule has 0 aliphatic rings. The normalized spacial score (nSPS) is 11.8. The van der Waals surface area contributed by atoms with Gasteiger partial charge in [0.25, 0.3) is 5.91 Å². The van der Waals surface area contributed by atoms with Crippen LogP contribution in [0.15, 0.2) is 30.3 Å². The third-order valence-corrected chi connectivity index (χ3v) is 3.96. The van der Waals surface area contributed by atoms with E-state index in [9.17, 15) is 14.0 Å². The van der Waals surface area contributed by atoms with Crippen LogP contribution in [0, 0.1) is 26.6 Å². The summed E-state index contributed by atoms with van der Waals surface area (Å²) in [5, 5.41) is 2.93. The third kappa shape index (κ3) is 4.57. The molecule has 132 valence electrons. The van der Waals surface area contributed by atoms with E-state index in [1.165, 1.54) is 19.1 Å². The van der Waals surface area contributed by atoms with Gasteiger partial charge in [-0.15, -0.1) is 0 Å². The molecule has 0 aromatic heterocycles. The fraction of sp³-hybridized carbons (Fsp3) is 0.263. The highest BCUT2D eigenvalue weighted by molar-refractivity contribution is 6.30. The minimum Gasteiger partial charge on any atom is -0.449 e. The van der Waals surface area contributed by atoms with Gasteiger partial charge in [0, 0.05) is 10.7 Å². The van der Waals surface area contributed by atoms with Gasteiger partial charge in [0.2, 0.25) is 0 Å². The van der Waals surface area contributed by atoms with Crippen LogP contribution in [0.25, 0.3) is 0 Å². The molecule has 0 aliphatic carbocycles. The molecule has 2 aromatic rings. The number of carbonyl (C=O) groups excluding carboxylic acids is 2. The summed E-state index contributed by atoms with van der Waals surface area (Å²) in [6.07, 6.45) is -1.08. The molecule has 0 aliphatic heterocycles. The van der Waals surface area contributed by atoms with Crippen LogP contribution in [0.2, 0.25) is 5.02 Å². The standard InChI is InChI=1S/C19H19ClFNO3/c1-10-7-11(2)17(12(3)8-10)22-18(23)13(4)25-19(24)15-6-5-14(20)9-16(15)21/h5-9,13H,1-4H3,(H,22,23)/t13-/m1/s1. The highest BCUT2D eigenvalue weighted by atomic mass is 35.5. The van der Waals surface area contributed by atoms with Crippen molar-refractivity contribution in [2.75, 3.05) is 5.32 Å². The number of ether oxygens (including phenoxy) is 1. The van der Waals surface area contributed by atoms with Crippen molar-refractivity contribution < 1.29 is 18.7 Å². The number of hydrogen-bond donors (Lipinski definition) is 1. The predicted octanol–water partition coefficient (Wildman–Crippen LogP) is 4.59. The second kappa shape index (κ2) is 7.66. The van der Waals surface area contributed by atoms with Crippen molar-refractivity contribution in [2.24, 2.45) is 0 Å². The summed E-state index contributed by atoms with van der Waals surface area (Å²) < 4.78 is 18.8. The van der Waals surface area contributed by atoms with E-state index in [0.29, 0.717) is 5.69 Å². The lowest BCUT2D eigenvalue weighted by Crippen LogP contribution is -2.30. The molecule has 1 atom stereocenters. The maximum Gasteiger partial charge on any atom is 0.341 e. The first kappa shape index (κ1) is 18.9. The summed E-state index contributed by atoms with van der Waals surface area (Å²) in [6.45, 7) is 7.17. The molecule has 4 nitrogen and oxygen atoms in total. The number of halogens is 2. The lowest BCUT2D eigenvalue weighted by molar-refractivity contribution is -0.123. The Morgan fingerprint density at radius 2 is 1.72 bits per heavy atom. The van der Waals surface area contributed by atoms with E-state index in [0.717, 1.165) is 22.8 Å². The predicted molar refractivity (Wildman–Crippen MR) is 95.6 cm³/mol. The van der Waals surface area contributed by atoms with Gasteiger partial charge in [0.15, 0.2) is 6.10 Å².